The van der Waals surface area contributed by atoms with Gasteiger partial charge in [-0.15, -0.1) is 0 Å². The van der Waals surface area contributed by atoms with E-state index in [1.807, 2.05) is 4.90 Å². The fraction of sp³-hybridized carbons (Fsp3) is 0.562. The van der Waals surface area contributed by atoms with Gasteiger partial charge in [-0.1, -0.05) is 29.8 Å². The van der Waals surface area contributed by atoms with Gasteiger partial charge in [-0.25, -0.2) is 0 Å². The molecule has 0 aromatic heterocycles. The minimum absolute atomic E-state index is 0.294. The Kier molecular flexibility index (Phi) is 4.59. The molecule has 1 unspecified atom stereocenters. The molecule has 1 fully saturated rings. The second-order valence-electron chi connectivity index (χ2n) is 5.69. The first kappa shape index (κ1) is 14.1. The summed E-state index contributed by atoms with van der Waals surface area (Å²) in [6.45, 7) is 7.06. The molecule has 19 heavy (non-hydrogen) atoms. The Morgan fingerprint density at radius 1 is 1.37 bits per heavy atom. The molecule has 3 nitrogen and oxygen atoms in total. The Morgan fingerprint density at radius 2 is 2.16 bits per heavy atom. The topological polar surface area (TPSA) is 23.6 Å². The molecule has 0 bridgehead atoms. The second-order valence-corrected chi connectivity index (χ2v) is 5.69. The summed E-state index contributed by atoms with van der Waals surface area (Å²) in [5.41, 5.74) is 2.52. The number of benzene rings is 1. The van der Waals surface area contributed by atoms with Gasteiger partial charge >= 0.3 is 0 Å². The quantitative estimate of drug-likeness (QED) is 0.831. The standard InChI is InChI=1S/C16H24N2O/c1-13-5-4-6-15(11-13)7-8-16(19)18-10-9-17(3)12-14(18)2/h4-6,11,14H,7-10,12H2,1-3H3. The first-order valence-corrected chi connectivity index (χ1v) is 7.10. The van der Waals surface area contributed by atoms with E-state index in [0.29, 0.717) is 18.4 Å². The van der Waals surface area contributed by atoms with Crippen molar-refractivity contribution in [3.63, 3.8) is 0 Å². The smallest absolute Gasteiger partial charge is 0.223 e. The normalized spacial score (nSPS) is 20.6. The molecule has 1 aromatic carbocycles. The number of nitrogens with zero attached hydrogens (tertiary/aromatic N) is 2. The van der Waals surface area contributed by atoms with Crippen LogP contribution in [0.2, 0.25) is 0 Å². The highest BCUT2D eigenvalue weighted by Crippen LogP contribution is 2.12. The maximum atomic E-state index is 12.3. The van der Waals surface area contributed by atoms with Gasteiger partial charge < -0.3 is 9.80 Å². The fourth-order valence-electron chi connectivity index (χ4n) is 2.77. The Hall–Kier alpha value is -1.35. The Labute approximate surface area is 116 Å². The van der Waals surface area contributed by atoms with Crippen LogP contribution in [-0.4, -0.2) is 48.4 Å². The van der Waals surface area contributed by atoms with E-state index >= 15 is 0 Å². The molecule has 1 heterocycles. The van der Waals surface area contributed by atoms with Gasteiger partial charge in [0.05, 0.1) is 0 Å². The first-order valence-electron chi connectivity index (χ1n) is 7.10. The van der Waals surface area contributed by atoms with Crippen molar-refractivity contribution in [1.29, 1.82) is 0 Å². The van der Waals surface area contributed by atoms with E-state index in [2.05, 4.69) is 50.1 Å². The minimum atomic E-state index is 0.294. The highest BCUT2D eigenvalue weighted by molar-refractivity contribution is 5.77. The summed E-state index contributed by atoms with van der Waals surface area (Å²) in [4.78, 5) is 16.6. The summed E-state index contributed by atoms with van der Waals surface area (Å²) >= 11 is 0. The number of amides is 1. The van der Waals surface area contributed by atoms with Gasteiger partial charge in [0, 0.05) is 32.1 Å². The molecule has 0 saturated carbocycles. The maximum absolute atomic E-state index is 12.3. The van der Waals surface area contributed by atoms with Crippen molar-refractivity contribution in [2.24, 2.45) is 0 Å². The number of carbonyl (C=O) groups excluding carboxylic acids is 1. The molecule has 0 N–H and O–H groups in total. The van der Waals surface area contributed by atoms with Crippen molar-refractivity contribution in [2.75, 3.05) is 26.7 Å². The summed E-state index contributed by atoms with van der Waals surface area (Å²) in [6, 6.07) is 8.76. The van der Waals surface area contributed by atoms with Crippen molar-refractivity contribution < 1.29 is 4.79 Å². The summed E-state index contributed by atoms with van der Waals surface area (Å²) < 4.78 is 0. The van der Waals surface area contributed by atoms with Crippen LogP contribution in [0.4, 0.5) is 0 Å². The molecular formula is C16H24N2O. The van der Waals surface area contributed by atoms with Crippen molar-refractivity contribution in [3.8, 4) is 0 Å². The molecular weight excluding hydrogens is 236 g/mol. The van der Waals surface area contributed by atoms with E-state index in [4.69, 9.17) is 0 Å². The molecule has 1 aliphatic rings. The molecule has 0 spiro atoms. The van der Waals surface area contributed by atoms with Crippen LogP contribution in [0.1, 0.15) is 24.5 Å². The van der Waals surface area contributed by atoms with E-state index < -0.39 is 0 Å². The lowest BCUT2D eigenvalue weighted by atomic mass is 10.1. The average molecular weight is 260 g/mol. The van der Waals surface area contributed by atoms with Crippen molar-refractivity contribution >= 4 is 5.91 Å². The van der Waals surface area contributed by atoms with E-state index in [0.717, 1.165) is 26.1 Å². The SMILES string of the molecule is Cc1cccc(CCC(=O)N2CCN(C)CC2C)c1. The monoisotopic (exact) mass is 260 g/mol. The summed E-state index contributed by atoms with van der Waals surface area (Å²) in [6.07, 6.45) is 1.47. The van der Waals surface area contributed by atoms with Gasteiger partial charge in [-0.3, -0.25) is 4.79 Å². The van der Waals surface area contributed by atoms with Crippen molar-refractivity contribution in [1.82, 2.24) is 9.80 Å². The minimum Gasteiger partial charge on any atom is -0.337 e. The zero-order valence-corrected chi connectivity index (χ0v) is 12.2. The van der Waals surface area contributed by atoms with E-state index in [-0.39, 0.29) is 0 Å². The number of piperazine rings is 1. The number of rotatable bonds is 3. The van der Waals surface area contributed by atoms with Crippen LogP contribution in [0, 0.1) is 6.92 Å². The molecule has 0 aliphatic carbocycles. The third-order valence-electron chi connectivity index (χ3n) is 3.86. The number of aryl methyl sites for hydroxylation is 2. The number of hydrogen-bond acceptors (Lipinski definition) is 2. The van der Waals surface area contributed by atoms with Gasteiger partial charge in [-0.05, 0) is 32.9 Å². The lowest BCUT2D eigenvalue weighted by Crippen LogP contribution is -2.52. The third kappa shape index (κ3) is 3.80. The van der Waals surface area contributed by atoms with Crippen LogP contribution in [-0.2, 0) is 11.2 Å². The Bertz CT molecular complexity index is 444. The Morgan fingerprint density at radius 3 is 2.84 bits per heavy atom. The van der Waals surface area contributed by atoms with Crippen LogP contribution in [0.5, 0.6) is 0 Å². The van der Waals surface area contributed by atoms with Crippen LogP contribution in [0.3, 0.4) is 0 Å². The molecule has 1 aromatic rings. The van der Waals surface area contributed by atoms with E-state index in [1.54, 1.807) is 0 Å². The van der Waals surface area contributed by atoms with Crippen LogP contribution >= 0.6 is 0 Å². The summed E-state index contributed by atoms with van der Waals surface area (Å²) in [5.74, 6) is 0.294. The molecule has 3 heteroatoms. The number of likely N-dealkylation sites (N-methyl/N-ethyl adjacent to an activating group) is 1. The van der Waals surface area contributed by atoms with Gasteiger partial charge in [0.25, 0.3) is 0 Å². The highest BCUT2D eigenvalue weighted by atomic mass is 16.2. The van der Waals surface area contributed by atoms with Gasteiger partial charge in [0.2, 0.25) is 5.91 Å². The van der Waals surface area contributed by atoms with Crippen LogP contribution < -0.4 is 0 Å². The zero-order chi connectivity index (χ0) is 13.8. The lowest BCUT2D eigenvalue weighted by molar-refractivity contribution is -0.135. The molecule has 1 atom stereocenters. The lowest BCUT2D eigenvalue weighted by Gasteiger charge is -2.38. The predicted octanol–water partition coefficient (Wildman–Crippen LogP) is 2.09. The number of carbonyl (C=O) groups is 1. The van der Waals surface area contributed by atoms with Crippen molar-refractivity contribution in [2.45, 2.75) is 32.7 Å². The fourth-order valence-corrected chi connectivity index (χ4v) is 2.77. The maximum Gasteiger partial charge on any atom is 0.223 e. The molecule has 0 radical (unpaired) electrons. The largest absolute Gasteiger partial charge is 0.337 e. The van der Waals surface area contributed by atoms with Crippen LogP contribution in [0.15, 0.2) is 24.3 Å². The van der Waals surface area contributed by atoms with E-state index in [1.165, 1.54) is 11.1 Å². The van der Waals surface area contributed by atoms with Gasteiger partial charge in [0.15, 0.2) is 0 Å². The molecule has 1 amide bonds. The molecule has 1 saturated heterocycles. The van der Waals surface area contributed by atoms with Gasteiger partial charge in [-0.2, -0.15) is 0 Å². The first-order chi connectivity index (χ1) is 9.06. The Balaban J connectivity index is 1.87. The molecule has 1 aliphatic heterocycles. The molecule has 104 valence electrons. The second kappa shape index (κ2) is 6.20. The number of hydrogen-bond donors (Lipinski definition) is 0. The summed E-state index contributed by atoms with van der Waals surface area (Å²) in [7, 11) is 2.12. The highest BCUT2D eigenvalue weighted by Gasteiger charge is 2.25. The molecule has 2 rings (SSSR count). The third-order valence-corrected chi connectivity index (χ3v) is 3.86. The zero-order valence-electron chi connectivity index (χ0n) is 12.2. The van der Waals surface area contributed by atoms with Crippen LogP contribution in [0.25, 0.3) is 0 Å². The van der Waals surface area contributed by atoms with Gasteiger partial charge in [0.1, 0.15) is 0 Å². The van der Waals surface area contributed by atoms with Crippen molar-refractivity contribution in [3.05, 3.63) is 35.4 Å². The summed E-state index contributed by atoms with van der Waals surface area (Å²) in [5, 5.41) is 0. The average Bonchev–Trinajstić information content (AvgIpc) is 2.36. The predicted molar refractivity (Wildman–Crippen MR) is 78.2 cm³/mol. The van der Waals surface area contributed by atoms with E-state index in [9.17, 15) is 4.79 Å².